The van der Waals surface area contributed by atoms with Crippen molar-refractivity contribution in [1.82, 2.24) is 0 Å². The van der Waals surface area contributed by atoms with Crippen molar-refractivity contribution < 1.29 is 80.2 Å². The van der Waals surface area contributed by atoms with E-state index in [1.807, 2.05) is 0 Å². The number of phosphoric ester groups is 2. The van der Waals surface area contributed by atoms with Gasteiger partial charge in [0, 0.05) is 25.7 Å². The number of aliphatic hydroxyl groups is 1. The van der Waals surface area contributed by atoms with Gasteiger partial charge in [0.15, 0.2) is 12.2 Å². The van der Waals surface area contributed by atoms with E-state index < -0.39 is 97.5 Å². The van der Waals surface area contributed by atoms with E-state index in [0.29, 0.717) is 25.7 Å². The van der Waals surface area contributed by atoms with Crippen molar-refractivity contribution in [3.63, 3.8) is 0 Å². The van der Waals surface area contributed by atoms with Crippen LogP contribution in [0.5, 0.6) is 0 Å². The van der Waals surface area contributed by atoms with Crippen LogP contribution in [-0.4, -0.2) is 96.7 Å². The zero-order chi connectivity index (χ0) is 64.3. The molecule has 3 N–H and O–H groups in total. The second kappa shape index (κ2) is 60.3. The first-order valence-corrected chi connectivity index (χ1v) is 38.5. The molecule has 0 aliphatic carbocycles. The van der Waals surface area contributed by atoms with Gasteiger partial charge in [-0.05, 0) is 37.5 Å². The fraction of sp³-hybridized carbons (Fsp3) is 0.941. The van der Waals surface area contributed by atoms with Gasteiger partial charge in [-0.15, -0.1) is 0 Å². The molecule has 0 fully saturated rings. The number of hydrogen-bond donors (Lipinski definition) is 3. The summed E-state index contributed by atoms with van der Waals surface area (Å²) in [6, 6.07) is 0. The van der Waals surface area contributed by atoms with Gasteiger partial charge in [0.05, 0.1) is 26.4 Å². The third-order valence-electron chi connectivity index (χ3n) is 15.7. The topological polar surface area (TPSA) is 237 Å². The lowest BCUT2D eigenvalue weighted by molar-refractivity contribution is -0.161. The Hall–Kier alpha value is -1.94. The molecular formula is C68H132O17P2. The molecule has 87 heavy (non-hydrogen) atoms. The van der Waals surface area contributed by atoms with Crippen LogP contribution in [-0.2, 0) is 65.4 Å². The van der Waals surface area contributed by atoms with Crippen LogP contribution in [0.2, 0.25) is 0 Å². The summed E-state index contributed by atoms with van der Waals surface area (Å²) in [5.74, 6) is -0.630. The van der Waals surface area contributed by atoms with Crippen molar-refractivity contribution in [3.05, 3.63) is 0 Å². The predicted octanol–water partition coefficient (Wildman–Crippen LogP) is 19.2. The molecule has 0 rings (SSSR count). The molecule has 0 amide bonds. The number of phosphoric acid groups is 2. The minimum absolute atomic E-state index is 0.104. The largest absolute Gasteiger partial charge is 0.472 e. The van der Waals surface area contributed by atoms with Crippen LogP contribution in [0.3, 0.4) is 0 Å². The second-order valence-corrected chi connectivity index (χ2v) is 28.4. The second-order valence-electron chi connectivity index (χ2n) is 25.5. The Morgan fingerprint density at radius 1 is 0.310 bits per heavy atom. The van der Waals surface area contributed by atoms with Gasteiger partial charge in [0.2, 0.25) is 0 Å². The minimum atomic E-state index is -4.95. The molecule has 0 aliphatic heterocycles. The molecule has 19 heteroatoms. The van der Waals surface area contributed by atoms with Crippen molar-refractivity contribution in [2.75, 3.05) is 39.6 Å². The molecule has 2 unspecified atom stereocenters. The zero-order valence-corrected chi connectivity index (χ0v) is 58.1. The smallest absolute Gasteiger partial charge is 0.462 e. The van der Waals surface area contributed by atoms with Gasteiger partial charge in [0.1, 0.15) is 19.3 Å². The lowest BCUT2D eigenvalue weighted by Gasteiger charge is -2.21. The normalized spacial score (nSPS) is 14.2. The van der Waals surface area contributed by atoms with E-state index >= 15 is 0 Å². The van der Waals surface area contributed by atoms with Crippen molar-refractivity contribution in [3.8, 4) is 0 Å². The summed E-state index contributed by atoms with van der Waals surface area (Å²) in [6.07, 6.45) is 44.8. The fourth-order valence-corrected chi connectivity index (χ4v) is 11.8. The van der Waals surface area contributed by atoms with Crippen LogP contribution in [0, 0.1) is 11.8 Å². The summed E-state index contributed by atoms with van der Waals surface area (Å²) in [7, 11) is -9.89. The lowest BCUT2D eigenvalue weighted by Crippen LogP contribution is -2.30. The molecule has 0 bridgehead atoms. The Morgan fingerprint density at radius 3 is 0.782 bits per heavy atom. The third-order valence-corrected chi connectivity index (χ3v) is 17.6. The third kappa shape index (κ3) is 62.6. The number of esters is 4. The molecule has 0 aromatic rings. The van der Waals surface area contributed by atoms with Crippen LogP contribution < -0.4 is 0 Å². The van der Waals surface area contributed by atoms with Crippen LogP contribution in [0.25, 0.3) is 0 Å². The molecule has 516 valence electrons. The van der Waals surface area contributed by atoms with Crippen LogP contribution in [0.1, 0.15) is 343 Å². The first kappa shape index (κ1) is 85.1. The summed E-state index contributed by atoms with van der Waals surface area (Å²) in [4.78, 5) is 72.2. The number of unbranched alkanes of at least 4 members (excludes halogenated alkanes) is 37. The van der Waals surface area contributed by atoms with E-state index in [2.05, 4.69) is 41.5 Å². The van der Waals surface area contributed by atoms with Gasteiger partial charge in [-0.2, -0.15) is 0 Å². The highest BCUT2D eigenvalue weighted by atomic mass is 31.2. The van der Waals surface area contributed by atoms with Crippen molar-refractivity contribution in [2.24, 2.45) is 11.8 Å². The van der Waals surface area contributed by atoms with Gasteiger partial charge >= 0.3 is 39.5 Å². The molecule has 0 heterocycles. The molecule has 0 aromatic heterocycles. The van der Waals surface area contributed by atoms with Crippen molar-refractivity contribution in [2.45, 2.75) is 362 Å². The fourth-order valence-electron chi connectivity index (χ4n) is 10.2. The van der Waals surface area contributed by atoms with E-state index in [-0.39, 0.29) is 25.7 Å². The maximum atomic E-state index is 13.0. The number of ether oxygens (including phenoxy) is 4. The Morgan fingerprint density at radius 2 is 0.529 bits per heavy atom. The van der Waals surface area contributed by atoms with E-state index in [1.54, 1.807) is 0 Å². The van der Waals surface area contributed by atoms with Crippen molar-refractivity contribution >= 4 is 39.5 Å². The summed E-state index contributed by atoms with van der Waals surface area (Å²) in [6.45, 7) is 9.43. The average Bonchev–Trinajstić information content (AvgIpc) is 3.69. The molecule has 0 saturated heterocycles. The number of carbonyl (C=O) groups is 4. The molecule has 0 aromatic carbocycles. The van der Waals surface area contributed by atoms with E-state index in [4.69, 9.17) is 37.0 Å². The Bertz CT molecular complexity index is 1700. The monoisotopic (exact) mass is 1280 g/mol. The molecule has 17 nitrogen and oxygen atoms in total. The maximum Gasteiger partial charge on any atom is 0.472 e. The molecule has 0 spiro atoms. The Labute approximate surface area is 530 Å². The first-order chi connectivity index (χ1) is 41.9. The number of carbonyl (C=O) groups excluding carboxylic acids is 4. The average molecular weight is 1280 g/mol. The van der Waals surface area contributed by atoms with E-state index in [9.17, 15) is 43.2 Å². The van der Waals surface area contributed by atoms with E-state index in [1.165, 1.54) is 154 Å². The molecule has 0 aliphatic rings. The number of aliphatic hydroxyl groups excluding tert-OH is 1. The van der Waals surface area contributed by atoms with Crippen molar-refractivity contribution in [1.29, 1.82) is 0 Å². The van der Waals surface area contributed by atoms with Crippen LogP contribution in [0.15, 0.2) is 0 Å². The van der Waals surface area contributed by atoms with Gasteiger partial charge in [-0.3, -0.25) is 37.3 Å². The molecular weight excluding hydrogens is 1150 g/mol. The molecule has 5 atom stereocenters. The van der Waals surface area contributed by atoms with Gasteiger partial charge < -0.3 is 33.8 Å². The van der Waals surface area contributed by atoms with Crippen LogP contribution >= 0.6 is 15.6 Å². The molecule has 0 radical (unpaired) electrons. The highest BCUT2D eigenvalue weighted by Gasteiger charge is 2.30. The molecule has 0 saturated carbocycles. The predicted molar refractivity (Wildman–Crippen MR) is 349 cm³/mol. The minimum Gasteiger partial charge on any atom is -0.462 e. The highest BCUT2D eigenvalue weighted by molar-refractivity contribution is 7.47. The summed E-state index contributed by atoms with van der Waals surface area (Å²) < 4.78 is 68.0. The SMILES string of the molecule is CCCCCCCCCCCCCCCCCCC(=O)O[C@H](COC(=O)CCCCCCCCCCCCCC(C)C)COP(=O)(O)OC[C@@H](O)COP(=O)(O)OC[C@@H](COC(=O)CCCCCCC)OC(=O)CCCCCCCCCCCC(C)C. The quantitative estimate of drug-likeness (QED) is 0.0222. The lowest BCUT2D eigenvalue weighted by atomic mass is 10.0. The van der Waals surface area contributed by atoms with Gasteiger partial charge in [-0.25, -0.2) is 9.13 Å². The number of hydrogen-bond acceptors (Lipinski definition) is 15. The van der Waals surface area contributed by atoms with E-state index in [0.717, 1.165) is 108 Å². The van der Waals surface area contributed by atoms with Gasteiger partial charge in [0.25, 0.3) is 0 Å². The van der Waals surface area contributed by atoms with Gasteiger partial charge in [-0.1, -0.05) is 292 Å². The standard InChI is InChI=1S/C68H132O17P2/c1-7-9-11-13-14-15-16-17-18-19-20-23-29-34-40-46-52-67(72)85-64(57-79-66(71)51-45-39-33-28-24-21-22-26-31-37-42-48-60(3)4)59-83-87(76,77)81-55-62(69)54-80-86(74,75)82-58-63(56-78-65(70)50-44-36-12-10-8-2)84-68(73)53-47-41-35-30-25-27-32-38-43-49-61(5)6/h60-64,69H,7-59H2,1-6H3,(H,74,75)(H,76,77)/t62-,63+,64+/m0/s1. The Kier molecular flexibility index (Phi) is 59.0. The summed E-state index contributed by atoms with van der Waals surface area (Å²) >= 11 is 0. The number of rotatable bonds is 67. The summed E-state index contributed by atoms with van der Waals surface area (Å²) in [5.41, 5.74) is 0. The zero-order valence-electron chi connectivity index (χ0n) is 56.3. The van der Waals surface area contributed by atoms with Crippen LogP contribution in [0.4, 0.5) is 0 Å². The Balaban J connectivity index is 5.17. The maximum absolute atomic E-state index is 13.0. The first-order valence-electron chi connectivity index (χ1n) is 35.5. The highest BCUT2D eigenvalue weighted by Crippen LogP contribution is 2.45. The summed E-state index contributed by atoms with van der Waals surface area (Å²) in [5, 5.41) is 10.5.